The van der Waals surface area contributed by atoms with Crippen LogP contribution in [0.15, 0.2) is 0 Å². The van der Waals surface area contributed by atoms with Gasteiger partial charge in [0.25, 0.3) is 0 Å². The van der Waals surface area contributed by atoms with Crippen molar-refractivity contribution in [3.05, 3.63) is 0 Å². The van der Waals surface area contributed by atoms with Crippen LogP contribution in [-0.4, -0.2) is 36.7 Å². The molecule has 0 fully saturated rings. The fraction of sp³-hybridized carbons (Fsp3) is 0.667. The minimum atomic E-state index is -1.45. The Bertz CT molecular complexity index is 619. The molecular formula is C21H29ClO6. The third-order valence-electron chi connectivity index (χ3n) is 4.00. The highest BCUT2D eigenvalue weighted by molar-refractivity contribution is 6.20. The van der Waals surface area contributed by atoms with E-state index in [1.54, 1.807) is 27.7 Å². The molecule has 0 saturated heterocycles. The Balaban J connectivity index is 5.32. The van der Waals surface area contributed by atoms with Crippen LogP contribution in [0.25, 0.3) is 0 Å². The van der Waals surface area contributed by atoms with Gasteiger partial charge in [-0.15, -0.1) is 24.7 Å². The number of carbonyl (C=O) groups excluding carboxylic acids is 3. The second-order valence-corrected chi connectivity index (χ2v) is 8.81. The lowest BCUT2D eigenvalue weighted by atomic mass is 9.88. The number of hydrogen-bond acceptors (Lipinski definition) is 6. The molecule has 0 spiro atoms. The van der Waals surface area contributed by atoms with Crippen molar-refractivity contribution in [3.63, 3.8) is 0 Å². The Hall–Kier alpha value is -2.18. The van der Waals surface area contributed by atoms with Crippen molar-refractivity contribution >= 4 is 29.5 Å². The number of hydrogen-bond donors (Lipinski definition) is 0. The van der Waals surface area contributed by atoms with Crippen molar-refractivity contribution in [2.75, 3.05) is 13.2 Å². The fourth-order valence-electron chi connectivity index (χ4n) is 1.94. The summed E-state index contributed by atoms with van der Waals surface area (Å²) in [7, 11) is 0. The second kappa shape index (κ2) is 10.4. The van der Waals surface area contributed by atoms with Crippen LogP contribution in [0.4, 0.5) is 0 Å². The highest BCUT2D eigenvalue weighted by atomic mass is 35.5. The molecule has 7 heteroatoms. The molecule has 0 radical (unpaired) electrons. The molecule has 0 aliphatic carbocycles. The van der Waals surface area contributed by atoms with Gasteiger partial charge in [-0.05, 0) is 41.5 Å². The third-order valence-corrected chi connectivity index (χ3v) is 4.09. The van der Waals surface area contributed by atoms with Crippen molar-refractivity contribution in [1.29, 1.82) is 0 Å². The first-order valence-corrected chi connectivity index (χ1v) is 9.22. The summed E-state index contributed by atoms with van der Waals surface area (Å²) in [4.78, 5) is 37.1. The molecule has 0 aromatic carbocycles. The quantitative estimate of drug-likeness (QED) is 0.237. The molecule has 1 atom stereocenters. The molecule has 0 aliphatic rings. The van der Waals surface area contributed by atoms with Crippen LogP contribution < -0.4 is 0 Å². The minimum Gasteiger partial charge on any atom is -0.464 e. The van der Waals surface area contributed by atoms with Gasteiger partial charge in [0.1, 0.15) is 18.6 Å². The largest absolute Gasteiger partial charge is 0.464 e. The summed E-state index contributed by atoms with van der Waals surface area (Å²) >= 11 is 5.73. The average molecular weight is 413 g/mol. The lowest BCUT2D eigenvalue weighted by Crippen LogP contribution is -2.43. The van der Waals surface area contributed by atoms with Crippen LogP contribution in [0.2, 0.25) is 0 Å². The van der Waals surface area contributed by atoms with E-state index in [1.165, 1.54) is 13.8 Å². The van der Waals surface area contributed by atoms with Crippen molar-refractivity contribution in [1.82, 2.24) is 0 Å². The molecule has 0 rings (SSSR count). The van der Waals surface area contributed by atoms with Crippen LogP contribution >= 0.6 is 11.6 Å². The highest BCUT2D eigenvalue weighted by Crippen LogP contribution is 2.28. The summed E-state index contributed by atoms with van der Waals surface area (Å²) in [5.41, 5.74) is -4.21. The summed E-state index contributed by atoms with van der Waals surface area (Å²) in [5.74, 6) is 2.89. The molecular weight excluding hydrogens is 384 g/mol. The van der Waals surface area contributed by atoms with E-state index >= 15 is 0 Å². The maximum Gasteiger partial charge on any atom is 0.320 e. The van der Waals surface area contributed by atoms with Gasteiger partial charge in [0.15, 0.2) is 5.56 Å². The zero-order valence-corrected chi connectivity index (χ0v) is 18.1. The van der Waals surface area contributed by atoms with Gasteiger partial charge in [-0.3, -0.25) is 14.4 Å². The van der Waals surface area contributed by atoms with Gasteiger partial charge in [-0.1, -0.05) is 11.6 Å². The number of halogens is 1. The van der Waals surface area contributed by atoms with E-state index < -0.39 is 39.7 Å². The van der Waals surface area contributed by atoms with E-state index in [1.807, 2.05) is 0 Å². The lowest BCUT2D eigenvalue weighted by molar-refractivity contribution is -0.176. The predicted octanol–water partition coefficient (Wildman–Crippen LogP) is 3.31. The summed E-state index contributed by atoms with van der Waals surface area (Å²) < 4.78 is 15.6. The van der Waals surface area contributed by atoms with Gasteiger partial charge in [-0.25, -0.2) is 0 Å². The number of esters is 3. The second-order valence-electron chi connectivity index (χ2n) is 8.19. The first-order chi connectivity index (χ1) is 12.7. The number of ether oxygens (including phenoxy) is 3. The van der Waals surface area contributed by atoms with Crippen molar-refractivity contribution in [2.45, 2.75) is 59.9 Å². The normalized spacial score (nSPS) is 12.9. The first kappa shape index (κ1) is 25.8. The van der Waals surface area contributed by atoms with Crippen LogP contribution in [0.5, 0.6) is 0 Å². The van der Waals surface area contributed by atoms with Crippen LogP contribution in [0.1, 0.15) is 54.4 Å². The molecule has 0 bridgehead atoms. The number of terminal acetylenes is 2. The van der Waals surface area contributed by atoms with Crippen molar-refractivity contribution in [3.8, 4) is 24.7 Å². The molecule has 1 unspecified atom stereocenters. The minimum absolute atomic E-state index is 0.168. The molecule has 28 heavy (non-hydrogen) atoms. The molecule has 156 valence electrons. The van der Waals surface area contributed by atoms with Gasteiger partial charge < -0.3 is 14.2 Å². The van der Waals surface area contributed by atoms with E-state index in [4.69, 9.17) is 38.7 Å². The summed E-state index contributed by atoms with van der Waals surface area (Å²) in [6.07, 6.45) is 10.9. The summed E-state index contributed by atoms with van der Waals surface area (Å²) in [5, 5.41) is 0. The van der Waals surface area contributed by atoms with Gasteiger partial charge in [0.05, 0.1) is 10.8 Å². The molecule has 0 amide bonds. The maximum atomic E-state index is 12.5. The molecule has 0 aliphatic heterocycles. The van der Waals surface area contributed by atoms with Gasteiger partial charge in [-0.2, -0.15) is 0 Å². The third kappa shape index (κ3) is 7.82. The molecule has 6 nitrogen and oxygen atoms in total. The SMILES string of the molecule is C#CCC(C)(C)C(=O)OCC(C)(COC(=O)C(C)(C)CC#C)C(=O)OC(C)Cl. The number of alkyl halides is 1. The van der Waals surface area contributed by atoms with Crippen molar-refractivity contribution < 1.29 is 28.6 Å². The average Bonchev–Trinajstić information content (AvgIpc) is 2.56. The standard InChI is InChI=1S/C21H29ClO6/c1-9-11-19(4,5)16(23)26-13-21(8,18(25)28-15(3)22)14-27-17(24)20(6,7)12-10-2/h1-2,15H,11-14H2,3-8H3. The Morgan fingerprint density at radius 2 is 1.21 bits per heavy atom. The Morgan fingerprint density at radius 1 is 0.857 bits per heavy atom. The van der Waals surface area contributed by atoms with E-state index in [0.29, 0.717) is 0 Å². The van der Waals surface area contributed by atoms with E-state index in [0.717, 1.165) is 0 Å². The molecule has 0 aromatic heterocycles. The number of rotatable bonds is 10. The van der Waals surface area contributed by atoms with Gasteiger partial charge >= 0.3 is 17.9 Å². The first-order valence-electron chi connectivity index (χ1n) is 8.78. The highest BCUT2D eigenvalue weighted by Gasteiger charge is 2.42. The molecule has 0 aromatic rings. The Morgan fingerprint density at radius 3 is 1.50 bits per heavy atom. The maximum absolute atomic E-state index is 12.5. The molecule has 0 saturated carbocycles. The van der Waals surface area contributed by atoms with Crippen LogP contribution in [0.3, 0.4) is 0 Å². The van der Waals surface area contributed by atoms with E-state index in [9.17, 15) is 14.4 Å². The smallest absolute Gasteiger partial charge is 0.320 e. The topological polar surface area (TPSA) is 78.9 Å². The lowest BCUT2D eigenvalue weighted by Gasteiger charge is -2.30. The number of carbonyl (C=O) groups is 3. The zero-order valence-electron chi connectivity index (χ0n) is 17.4. The van der Waals surface area contributed by atoms with E-state index in [2.05, 4.69) is 11.8 Å². The summed E-state index contributed by atoms with van der Waals surface area (Å²) in [6, 6.07) is 0. The monoisotopic (exact) mass is 412 g/mol. The van der Waals surface area contributed by atoms with Crippen LogP contribution in [0, 0.1) is 40.9 Å². The van der Waals surface area contributed by atoms with Crippen molar-refractivity contribution in [2.24, 2.45) is 16.2 Å². The molecule has 0 heterocycles. The summed E-state index contributed by atoms with van der Waals surface area (Å²) in [6.45, 7) is 8.71. The molecule has 0 N–H and O–H groups in total. The zero-order chi connectivity index (χ0) is 22.2. The fourth-order valence-corrected chi connectivity index (χ4v) is 2.03. The van der Waals surface area contributed by atoms with Gasteiger partial charge in [0.2, 0.25) is 0 Å². The van der Waals surface area contributed by atoms with Gasteiger partial charge in [0, 0.05) is 12.8 Å². The van der Waals surface area contributed by atoms with Crippen LogP contribution in [-0.2, 0) is 28.6 Å². The predicted molar refractivity (Wildman–Crippen MR) is 106 cm³/mol. The Labute approximate surface area is 172 Å². The van der Waals surface area contributed by atoms with E-state index in [-0.39, 0.29) is 26.1 Å². The Kier molecular flexibility index (Phi) is 9.58.